The lowest BCUT2D eigenvalue weighted by atomic mass is 9.81. The highest BCUT2D eigenvalue weighted by Crippen LogP contribution is 2.29. The first-order chi connectivity index (χ1) is 13.2. The third-order valence-corrected chi connectivity index (χ3v) is 6.25. The molecule has 148 valence electrons. The van der Waals surface area contributed by atoms with Gasteiger partial charge in [-0.1, -0.05) is 43.2 Å². The van der Waals surface area contributed by atoms with Gasteiger partial charge in [0.25, 0.3) is 0 Å². The van der Waals surface area contributed by atoms with E-state index in [1.54, 1.807) is 11.9 Å². The number of hydrogen-bond acceptors (Lipinski definition) is 4. The van der Waals surface area contributed by atoms with E-state index in [2.05, 4.69) is 22.5 Å². The van der Waals surface area contributed by atoms with E-state index in [-0.39, 0.29) is 5.91 Å². The predicted octanol–water partition coefficient (Wildman–Crippen LogP) is 3.05. The molecule has 1 saturated heterocycles. The zero-order valence-electron chi connectivity index (χ0n) is 16.6. The molecule has 1 aliphatic heterocycles. The lowest BCUT2D eigenvalue weighted by Crippen LogP contribution is -2.40. The van der Waals surface area contributed by atoms with E-state index in [0.29, 0.717) is 24.8 Å². The van der Waals surface area contributed by atoms with Gasteiger partial charge in [0, 0.05) is 26.0 Å². The number of nitrogens with zero attached hydrogens (tertiary/aromatic N) is 2. The van der Waals surface area contributed by atoms with E-state index in [4.69, 9.17) is 10.9 Å². The Morgan fingerprint density at radius 2 is 2.11 bits per heavy atom. The summed E-state index contributed by atoms with van der Waals surface area (Å²) >= 11 is 0. The van der Waals surface area contributed by atoms with Gasteiger partial charge in [0.1, 0.15) is 5.76 Å². The van der Waals surface area contributed by atoms with Crippen LogP contribution in [0.1, 0.15) is 56.4 Å². The first kappa shape index (κ1) is 19.9. The summed E-state index contributed by atoms with van der Waals surface area (Å²) in [5.41, 5.74) is 1.03. The van der Waals surface area contributed by atoms with E-state index in [0.717, 1.165) is 49.7 Å². The SMILES string of the molecule is C#CCN(C)C(=O)C[C@H]1CCNC[C@@H]1Cc1cc(CC2CCCCC2)on1. The molecule has 1 aromatic heterocycles. The van der Waals surface area contributed by atoms with E-state index in [1.165, 1.54) is 32.1 Å². The molecule has 5 nitrogen and oxygen atoms in total. The smallest absolute Gasteiger partial charge is 0.223 e. The largest absolute Gasteiger partial charge is 0.361 e. The summed E-state index contributed by atoms with van der Waals surface area (Å²) in [6, 6.07) is 2.15. The van der Waals surface area contributed by atoms with Crippen molar-refractivity contribution in [2.45, 2.75) is 57.8 Å². The van der Waals surface area contributed by atoms with E-state index in [1.807, 2.05) is 0 Å². The normalized spacial score (nSPS) is 23.7. The molecule has 1 amide bonds. The third kappa shape index (κ3) is 5.84. The fraction of sp³-hybridized carbons (Fsp3) is 0.727. The molecule has 27 heavy (non-hydrogen) atoms. The standard InChI is InChI=1S/C22H33N3O2/c1-3-11-25(2)22(26)14-18-9-10-23-16-19(18)13-20-15-21(27-24-20)12-17-7-5-4-6-8-17/h1,15,17-19,23H,4-14,16H2,2H3/t18-,19+/m1/s1. The number of nitrogens with one attached hydrogen (secondary N) is 1. The topological polar surface area (TPSA) is 58.4 Å². The highest BCUT2D eigenvalue weighted by molar-refractivity contribution is 5.76. The first-order valence-corrected chi connectivity index (χ1v) is 10.5. The van der Waals surface area contributed by atoms with Crippen LogP contribution >= 0.6 is 0 Å². The molecule has 3 rings (SSSR count). The highest BCUT2D eigenvalue weighted by atomic mass is 16.5. The maximum Gasteiger partial charge on any atom is 0.223 e. The minimum atomic E-state index is 0.142. The fourth-order valence-corrected chi connectivity index (χ4v) is 4.58. The Bertz CT molecular complexity index is 642. The first-order valence-electron chi connectivity index (χ1n) is 10.5. The average Bonchev–Trinajstić information content (AvgIpc) is 3.11. The summed E-state index contributed by atoms with van der Waals surface area (Å²) in [7, 11) is 1.79. The predicted molar refractivity (Wildman–Crippen MR) is 106 cm³/mol. The van der Waals surface area contributed by atoms with Crippen molar-refractivity contribution in [1.29, 1.82) is 0 Å². The molecule has 0 unspecified atom stereocenters. The molecule has 2 aliphatic rings. The second-order valence-electron chi connectivity index (χ2n) is 8.37. The molecule has 0 bridgehead atoms. The number of terminal acetylenes is 1. The quantitative estimate of drug-likeness (QED) is 0.749. The van der Waals surface area contributed by atoms with Crippen LogP contribution in [0.2, 0.25) is 0 Å². The second kappa shape index (κ2) is 9.94. The van der Waals surface area contributed by atoms with Gasteiger partial charge in [0.15, 0.2) is 0 Å². The van der Waals surface area contributed by atoms with Gasteiger partial charge in [-0.3, -0.25) is 4.79 Å². The Morgan fingerprint density at radius 1 is 1.30 bits per heavy atom. The Balaban J connectivity index is 1.54. The Kier molecular flexibility index (Phi) is 7.34. The van der Waals surface area contributed by atoms with Gasteiger partial charge in [-0.2, -0.15) is 0 Å². The summed E-state index contributed by atoms with van der Waals surface area (Å²) in [6.07, 6.45) is 15.5. The molecule has 2 heterocycles. The van der Waals surface area contributed by atoms with Crippen LogP contribution in [0.25, 0.3) is 0 Å². The summed E-state index contributed by atoms with van der Waals surface area (Å²) in [5, 5.41) is 7.80. The molecule has 1 aromatic rings. The Hall–Kier alpha value is -1.80. The summed E-state index contributed by atoms with van der Waals surface area (Å²) in [6.45, 7) is 2.28. The minimum absolute atomic E-state index is 0.142. The van der Waals surface area contributed by atoms with Crippen LogP contribution in [0.4, 0.5) is 0 Å². The average molecular weight is 372 g/mol. The van der Waals surface area contributed by atoms with Crippen LogP contribution in [0, 0.1) is 30.1 Å². The molecule has 1 saturated carbocycles. The molecule has 5 heteroatoms. The van der Waals surface area contributed by atoms with E-state index < -0.39 is 0 Å². The summed E-state index contributed by atoms with van der Waals surface area (Å²) < 4.78 is 5.63. The van der Waals surface area contributed by atoms with Crippen molar-refractivity contribution in [1.82, 2.24) is 15.4 Å². The summed E-state index contributed by atoms with van der Waals surface area (Å²) in [4.78, 5) is 14.1. The van der Waals surface area contributed by atoms with E-state index in [9.17, 15) is 4.79 Å². The minimum Gasteiger partial charge on any atom is -0.361 e. The van der Waals surface area contributed by atoms with Crippen LogP contribution in [0.3, 0.4) is 0 Å². The van der Waals surface area contributed by atoms with Gasteiger partial charge < -0.3 is 14.7 Å². The zero-order valence-corrected chi connectivity index (χ0v) is 16.6. The number of rotatable bonds is 7. The lowest BCUT2D eigenvalue weighted by molar-refractivity contribution is -0.131. The number of amides is 1. The van der Waals surface area contributed by atoms with Gasteiger partial charge in [-0.25, -0.2) is 0 Å². The fourth-order valence-electron chi connectivity index (χ4n) is 4.58. The van der Waals surface area contributed by atoms with Crippen molar-refractivity contribution >= 4 is 5.91 Å². The molecule has 0 spiro atoms. The number of carbonyl (C=O) groups excluding carboxylic acids is 1. The molecule has 0 aromatic carbocycles. The maximum atomic E-state index is 12.4. The van der Waals surface area contributed by atoms with Gasteiger partial charge in [0.2, 0.25) is 5.91 Å². The number of piperidine rings is 1. The molecule has 1 aliphatic carbocycles. The monoisotopic (exact) mass is 371 g/mol. The van der Waals surface area contributed by atoms with Gasteiger partial charge in [-0.05, 0) is 43.7 Å². The lowest BCUT2D eigenvalue weighted by Gasteiger charge is -2.32. The third-order valence-electron chi connectivity index (χ3n) is 6.25. The second-order valence-corrected chi connectivity index (χ2v) is 8.37. The van der Waals surface area contributed by atoms with Crippen LogP contribution in [0.5, 0.6) is 0 Å². The Morgan fingerprint density at radius 3 is 2.89 bits per heavy atom. The number of hydrogen-bond donors (Lipinski definition) is 1. The van der Waals surface area contributed by atoms with Crippen LogP contribution < -0.4 is 5.32 Å². The molecular formula is C22H33N3O2. The maximum absolute atomic E-state index is 12.4. The van der Waals surface area contributed by atoms with Crippen LogP contribution in [0.15, 0.2) is 10.6 Å². The number of aromatic nitrogens is 1. The van der Waals surface area contributed by atoms with Crippen molar-refractivity contribution in [3.8, 4) is 12.3 Å². The molecule has 2 fully saturated rings. The van der Waals surface area contributed by atoms with Crippen LogP contribution in [-0.4, -0.2) is 42.6 Å². The van der Waals surface area contributed by atoms with Crippen molar-refractivity contribution in [2.24, 2.45) is 17.8 Å². The molecule has 0 radical (unpaired) electrons. The number of carbonyl (C=O) groups is 1. The molecular weight excluding hydrogens is 338 g/mol. The van der Waals surface area contributed by atoms with Crippen molar-refractivity contribution in [2.75, 3.05) is 26.7 Å². The zero-order chi connectivity index (χ0) is 19.1. The summed E-state index contributed by atoms with van der Waals surface area (Å²) in [5.74, 6) is 5.26. The van der Waals surface area contributed by atoms with Crippen molar-refractivity contribution < 1.29 is 9.32 Å². The molecule has 2 atom stereocenters. The van der Waals surface area contributed by atoms with E-state index >= 15 is 0 Å². The van der Waals surface area contributed by atoms with Gasteiger partial charge in [-0.15, -0.1) is 6.42 Å². The highest BCUT2D eigenvalue weighted by Gasteiger charge is 2.29. The van der Waals surface area contributed by atoms with Gasteiger partial charge in [0.05, 0.1) is 12.2 Å². The van der Waals surface area contributed by atoms with Crippen molar-refractivity contribution in [3.05, 3.63) is 17.5 Å². The Labute approximate surface area is 163 Å². The van der Waals surface area contributed by atoms with Crippen molar-refractivity contribution in [3.63, 3.8) is 0 Å². The van der Waals surface area contributed by atoms with Crippen LogP contribution in [-0.2, 0) is 17.6 Å². The van der Waals surface area contributed by atoms with Gasteiger partial charge >= 0.3 is 0 Å². The molecule has 1 N–H and O–H groups in total.